The number of rotatable bonds is 7. The molecule has 0 spiro atoms. The number of para-hydroxylation sites is 1. The first-order valence-corrected chi connectivity index (χ1v) is 11.4. The van der Waals surface area contributed by atoms with E-state index in [0.717, 1.165) is 15.4 Å². The van der Waals surface area contributed by atoms with Crippen LogP contribution in [0.2, 0.25) is 0 Å². The Labute approximate surface area is 188 Å². The van der Waals surface area contributed by atoms with Crippen LogP contribution < -0.4 is 14.9 Å². The topological polar surface area (TPSA) is 95.6 Å². The van der Waals surface area contributed by atoms with E-state index in [0.29, 0.717) is 17.1 Å². The van der Waals surface area contributed by atoms with Gasteiger partial charge in [0.15, 0.2) is 0 Å². The number of anilines is 3. The number of carbonyl (C=O) groups excluding carboxylic acids is 2. The van der Waals surface area contributed by atoms with E-state index in [4.69, 9.17) is 0 Å². The molecular formula is C24H25N3O4S. The highest BCUT2D eigenvalue weighted by atomic mass is 32.2. The Kier molecular flexibility index (Phi) is 6.95. The van der Waals surface area contributed by atoms with E-state index in [1.54, 1.807) is 61.5 Å². The average Bonchev–Trinajstić information content (AvgIpc) is 2.74. The van der Waals surface area contributed by atoms with E-state index in [9.17, 15) is 18.0 Å². The molecule has 0 aliphatic carbocycles. The lowest BCUT2D eigenvalue weighted by molar-refractivity contribution is -0.115. The van der Waals surface area contributed by atoms with Crippen molar-refractivity contribution in [3.63, 3.8) is 0 Å². The minimum Gasteiger partial charge on any atom is -0.326 e. The quantitative estimate of drug-likeness (QED) is 0.565. The molecule has 0 atom stereocenters. The van der Waals surface area contributed by atoms with Gasteiger partial charge in [0, 0.05) is 18.3 Å². The van der Waals surface area contributed by atoms with Gasteiger partial charge < -0.3 is 10.6 Å². The zero-order valence-electron chi connectivity index (χ0n) is 18.1. The molecule has 2 amide bonds. The van der Waals surface area contributed by atoms with E-state index >= 15 is 0 Å². The maximum Gasteiger partial charge on any atom is 0.264 e. The number of nitrogens with zero attached hydrogens (tertiary/aromatic N) is 1. The third-order valence-electron chi connectivity index (χ3n) is 4.77. The summed E-state index contributed by atoms with van der Waals surface area (Å²) < 4.78 is 28.0. The largest absolute Gasteiger partial charge is 0.326 e. The van der Waals surface area contributed by atoms with Gasteiger partial charge in [-0.1, -0.05) is 35.9 Å². The number of carbonyl (C=O) groups is 2. The number of hydrogen-bond acceptors (Lipinski definition) is 4. The molecule has 166 valence electrons. The Morgan fingerprint density at radius 2 is 1.38 bits per heavy atom. The van der Waals surface area contributed by atoms with Crippen molar-refractivity contribution in [2.24, 2.45) is 0 Å². The molecule has 0 aliphatic rings. The highest BCUT2D eigenvalue weighted by molar-refractivity contribution is 7.92. The Balaban J connectivity index is 1.87. The zero-order chi connectivity index (χ0) is 23.3. The van der Waals surface area contributed by atoms with E-state index in [2.05, 4.69) is 10.6 Å². The van der Waals surface area contributed by atoms with Gasteiger partial charge in [-0.05, 0) is 61.9 Å². The Bertz CT molecular complexity index is 1220. The first-order chi connectivity index (χ1) is 15.2. The summed E-state index contributed by atoms with van der Waals surface area (Å²) in [7, 11) is -3.98. The van der Waals surface area contributed by atoms with Gasteiger partial charge in [-0.15, -0.1) is 0 Å². The maximum absolute atomic E-state index is 13.4. The normalized spacial score (nSPS) is 11.0. The van der Waals surface area contributed by atoms with Crippen LogP contribution in [0.4, 0.5) is 17.1 Å². The lowest BCUT2D eigenvalue weighted by Gasteiger charge is -2.25. The van der Waals surface area contributed by atoms with E-state index in [1.807, 2.05) is 13.0 Å². The fraction of sp³-hybridized carbons (Fsp3) is 0.167. The Hall–Kier alpha value is -3.65. The van der Waals surface area contributed by atoms with Gasteiger partial charge in [0.2, 0.25) is 11.8 Å². The number of nitrogens with one attached hydrogen (secondary N) is 2. The smallest absolute Gasteiger partial charge is 0.264 e. The third-order valence-corrected chi connectivity index (χ3v) is 6.54. The van der Waals surface area contributed by atoms with Crippen LogP contribution in [0.1, 0.15) is 18.1 Å². The van der Waals surface area contributed by atoms with Gasteiger partial charge in [0.05, 0.1) is 10.6 Å². The van der Waals surface area contributed by atoms with Crippen LogP contribution >= 0.6 is 0 Å². The first-order valence-electron chi connectivity index (χ1n) is 9.99. The Morgan fingerprint density at radius 1 is 0.812 bits per heavy atom. The molecule has 3 aromatic rings. The van der Waals surface area contributed by atoms with E-state index in [1.165, 1.54) is 19.1 Å². The van der Waals surface area contributed by atoms with Crippen LogP contribution in [-0.2, 0) is 19.6 Å². The molecule has 2 N–H and O–H groups in total. The standard InChI is InChI=1S/C24H25N3O4S/c1-17-8-14-22(15-9-17)32(30,31)27(23-7-5-4-6-18(23)2)16-24(29)26-21-12-10-20(11-13-21)25-19(3)28/h4-15H,16H2,1-3H3,(H,25,28)(H,26,29). The SMILES string of the molecule is CC(=O)Nc1ccc(NC(=O)CN(c2ccccc2C)S(=O)(=O)c2ccc(C)cc2)cc1. The predicted molar refractivity (Wildman–Crippen MR) is 126 cm³/mol. The van der Waals surface area contributed by atoms with Crippen LogP contribution in [-0.4, -0.2) is 26.8 Å². The molecule has 0 saturated heterocycles. The number of amides is 2. The minimum atomic E-state index is -3.98. The monoisotopic (exact) mass is 451 g/mol. The second-order valence-corrected chi connectivity index (χ2v) is 9.28. The molecule has 3 rings (SSSR count). The van der Waals surface area contributed by atoms with E-state index in [-0.39, 0.29) is 10.8 Å². The fourth-order valence-electron chi connectivity index (χ4n) is 3.15. The van der Waals surface area contributed by atoms with Crippen LogP contribution in [0.5, 0.6) is 0 Å². The van der Waals surface area contributed by atoms with Crippen molar-refractivity contribution >= 4 is 38.9 Å². The van der Waals surface area contributed by atoms with Crippen molar-refractivity contribution < 1.29 is 18.0 Å². The summed E-state index contributed by atoms with van der Waals surface area (Å²) in [6.45, 7) is 4.69. The highest BCUT2D eigenvalue weighted by Gasteiger charge is 2.28. The highest BCUT2D eigenvalue weighted by Crippen LogP contribution is 2.27. The summed E-state index contributed by atoms with van der Waals surface area (Å²) in [6.07, 6.45) is 0. The number of sulfonamides is 1. The third kappa shape index (κ3) is 5.53. The molecular weight excluding hydrogens is 426 g/mol. The molecule has 0 aromatic heterocycles. The van der Waals surface area contributed by atoms with E-state index < -0.39 is 22.5 Å². The van der Waals surface area contributed by atoms with Crippen molar-refractivity contribution in [1.82, 2.24) is 0 Å². The van der Waals surface area contributed by atoms with Gasteiger partial charge in [0.1, 0.15) is 6.54 Å². The minimum absolute atomic E-state index is 0.110. The Morgan fingerprint density at radius 3 is 1.94 bits per heavy atom. The molecule has 32 heavy (non-hydrogen) atoms. The van der Waals surface area contributed by atoms with Crippen LogP contribution in [0, 0.1) is 13.8 Å². The second-order valence-electron chi connectivity index (χ2n) is 7.42. The van der Waals surface area contributed by atoms with Gasteiger partial charge in [-0.3, -0.25) is 13.9 Å². The van der Waals surface area contributed by atoms with Gasteiger partial charge in [0.25, 0.3) is 10.0 Å². The maximum atomic E-state index is 13.4. The lowest BCUT2D eigenvalue weighted by atomic mass is 10.2. The van der Waals surface area contributed by atoms with Crippen LogP contribution in [0.25, 0.3) is 0 Å². The molecule has 0 fully saturated rings. The molecule has 7 nitrogen and oxygen atoms in total. The van der Waals surface area contributed by atoms with Gasteiger partial charge in [-0.25, -0.2) is 8.42 Å². The van der Waals surface area contributed by atoms with Gasteiger partial charge in [-0.2, -0.15) is 0 Å². The molecule has 0 radical (unpaired) electrons. The fourth-order valence-corrected chi connectivity index (χ4v) is 4.64. The second kappa shape index (κ2) is 9.65. The van der Waals surface area contributed by atoms with Crippen molar-refractivity contribution in [3.05, 3.63) is 83.9 Å². The predicted octanol–water partition coefficient (Wildman–Crippen LogP) is 4.10. The van der Waals surface area contributed by atoms with Crippen LogP contribution in [0.15, 0.2) is 77.7 Å². The van der Waals surface area contributed by atoms with Gasteiger partial charge >= 0.3 is 0 Å². The summed E-state index contributed by atoms with van der Waals surface area (Å²) in [5.74, 6) is -0.687. The summed E-state index contributed by atoms with van der Waals surface area (Å²) in [4.78, 5) is 24.1. The summed E-state index contributed by atoms with van der Waals surface area (Å²) in [6, 6.07) is 20.1. The van der Waals surface area contributed by atoms with Crippen molar-refractivity contribution in [2.45, 2.75) is 25.7 Å². The molecule has 0 aliphatic heterocycles. The number of benzene rings is 3. The molecule has 3 aromatic carbocycles. The molecule has 0 heterocycles. The van der Waals surface area contributed by atoms with Crippen molar-refractivity contribution in [2.75, 3.05) is 21.5 Å². The average molecular weight is 452 g/mol. The summed E-state index contributed by atoms with van der Waals surface area (Å²) in [5, 5.41) is 5.37. The first kappa shape index (κ1) is 23.0. The zero-order valence-corrected chi connectivity index (χ0v) is 18.9. The van der Waals surface area contributed by atoms with Crippen LogP contribution in [0.3, 0.4) is 0 Å². The molecule has 0 bridgehead atoms. The molecule has 0 unspecified atom stereocenters. The number of hydrogen-bond donors (Lipinski definition) is 2. The van der Waals surface area contributed by atoms with Crippen molar-refractivity contribution in [3.8, 4) is 0 Å². The molecule has 0 saturated carbocycles. The summed E-state index contributed by atoms with van der Waals surface area (Å²) >= 11 is 0. The lowest BCUT2D eigenvalue weighted by Crippen LogP contribution is -2.38. The summed E-state index contributed by atoms with van der Waals surface area (Å²) in [5.41, 5.74) is 3.19. The molecule has 8 heteroatoms. The number of aryl methyl sites for hydroxylation is 2. The van der Waals surface area contributed by atoms with Crippen molar-refractivity contribution in [1.29, 1.82) is 0 Å².